The molecular weight excluding hydrogens is 212 g/mol. The Hall–Kier alpha value is -1.61. The molecule has 15 heavy (non-hydrogen) atoms. The summed E-state index contributed by atoms with van der Waals surface area (Å²) in [5.41, 5.74) is 2.46. The molecule has 0 fully saturated rings. The number of hydrogen-bond acceptors (Lipinski definition) is 2. The van der Waals surface area contributed by atoms with E-state index in [1.165, 1.54) is 6.20 Å². The van der Waals surface area contributed by atoms with Gasteiger partial charge in [-0.25, -0.2) is 4.68 Å². The van der Waals surface area contributed by atoms with Gasteiger partial charge in [-0.15, -0.1) is 0 Å². The molecule has 4 heteroatoms. The quantitative estimate of drug-likeness (QED) is 0.730. The predicted octanol–water partition coefficient (Wildman–Crippen LogP) is 2.65. The van der Waals surface area contributed by atoms with Crippen molar-refractivity contribution in [2.45, 2.75) is 6.92 Å². The second kappa shape index (κ2) is 3.87. The Kier molecular flexibility index (Phi) is 2.56. The summed E-state index contributed by atoms with van der Waals surface area (Å²) in [7, 11) is 0. The van der Waals surface area contributed by atoms with Gasteiger partial charge in [0.25, 0.3) is 0 Å². The van der Waals surface area contributed by atoms with E-state index in [1.807, 2.05) is 19.1 Å². The summed E-state index contributed by atoms with van der Waals surface area (Å²) < 4.78 is 1.63. The second-order valence-electron chi connectivity index (χ2n) is 3.32. The van der Waals surface area contributed by atoms with E-state index in [-0.39, 0.29) is 0 Å². The summed E-state index contributed by atoms with van der Waals surface area (Å²) in [4.78, 5) is 10.5. The van der Waals surface area contributed by atoms with Crippen molar-refractivity contribution in [3.8, 4) is 5.69 Å². The minimum atomic E-state index is 0.549. The summed E-state index contributed by atoms with van der Waals surface area (Å²) in [6.07, 6.45) is 3.95. The lowest BCUT2D eigenvalue weighted by molar-refractivity contribution is 0.112. The van der Waals surface area contributed by atoms with Gasteiger partial charge < -0.3 is 0 Å². The standard InChI is InChI=1S/C11H9ClN2O/c1-8-2-10(12)4-11(3-8)14-6-9(7-15)5-13-14/h2-7H,1H3. The zero-order valence-corrected chi connectivity index (χ0v) is 8.90. The molecule has 3 nitrogen and oxygen atoms in total. The minimum absolute atomic E-state index is 0.549. The molecule has 0 aliphatic carbocycles. The van der Waals surface area contributed by atoms with Crippen molar-refractivity contribution in [3.63, 3.8) is 0 Å². The van der Waals surface area contributed by atoms with Gasteiger partial charge >= 0.3 is 0 Å². The molecule has 0 amide bonds. The number of halogens is 1. The summed E-state index contributed by atoms with van der Waals surface area (Å²) in [5.74, 6) is 0. The fourth-order valence-corrected chi connectivity index (χ4v) is 1.67. The van der Waals surface area contributed by atoms with Crippen molar-refractivity contribution >= 4 is 17.9 Å². The van der Waals surface area contributed by atoms with E-state index in [9.17, 15) is 4.79 Å². The number of benzene rings is 1. The smallest absolute Gasteiger partial charge is 0.153 e. The lowest BCUT2D eigenvalue weighted by atomic mass is 10.2. The number of aromatic nitrogens is 2. The number of nitrogens with zero attached hydrogens (tertiary/aromatic N) is 2. The molecular formula is C11H9ClN2O. The average Bonchev–Trinajstić information content (AvgIpc) is 2.64. The summed E-state index contributed by atoms with van der Waals surface area (Å²) in [5, 5.41) is 4.73. The van der Waals surface area contributed by atoms with Crippen LogP contribution in [0.25, 0.3) is 5.69 Å². The molecule has 0 saturated carbocycles. The fraction of sp³-hybridized carbons (Fsp3) is 0.0909. The highest BCUT2D eigenvalue weighted by Gasteiger charge is 2.01. The average molecular weight is 221 g/mol. The molecule has 0 spiro atoms. The molecule has 0 aliphatic heterocycles. The van der Waals surface area contributed by atoms with Crippen LogP contribution in [0.3, 0.4) is 0 Å². The Labute approximate surface area is 92.3 Å². The molecule has 0 atom stereocenters. The minimum Gasteiger partial charge on any atom is -0.298 e. The Bertz CT molecular complexity index is 485. The molecule has 2 aromatic rings. The second-order valence-corrected chi connectivity index (χ2v) is 3.76. The first-order valence-electron chi connectivity index (χ1n) is 4.46. The van der Waals surface area contributed by atoms with Crippen LogP contribution in [0, 0.1) is 6.92 Å². The molecule has 2 rings (SSSR count). The summed E-state index contributed by atoms with van der Waals surface area (Å²) in [6.45, 7) is 1.96. The lowest BCUT2D eigenvalue weighted by Gasteiger charge is -2.03. The maximum absolute atomic E-state index is 10.5. The van der Waals surface area contributed by atoms with Crippen LogP contribution in [0.2, 0.25) is 5.02 Å². The van der Waals surface area contributed by atoms with Gasteiger partial charge in [0.15, 0.2) is 6.29 Å². The van der Waals surface area contributed by atoms with Crippen molar-refractivity contribution in [1.82, 2.24) is 9.78 Å². The predicted molar refractivity (Wildman–Crippen MR) is 58.7 cm³/mol. The molecule has 1 aromatic carbocycles. The van der Waals surface area contributed by atoms with E-state index >= 15 is 0 Å². The van der Waals surface area contributed by atoms with Crippen LogP contribution in [0.5, 0.6) is 0 Å². The summed E-state index contributed by atoms with van der Waals surface area (Å²) >= 11 is 5.93. The van der Waals surface area contributed by atoms with Gasteiger partial charge in [-0.3, -0.25) is 4.79 Å². The zero-order valence-electron chi connectivity index (χ0n) is 8.14. The van der Waals surface area contributed by atoms with E-state index in [0.29, 0.717) is 10.6 Å². The normalized spacial score (nSPS) is 10.3. The highest BCUT2D eigenvalue weighted by Crippen LogP contribution is 2.17. The Morgan fingerprint density at radius 2 is 2.20 bits per heavy atom. The van der Waals surface area contributed by atoms with Crippen molar-refractivity contribution < 1.29 is 4.79 Å². The van der Waals surface area contributed by atoms with Gasteiger partial charge in [0, 0.05) is 11.2 Å². The molecule has 1 heterocycles. The van der Waals surface area contributed by atoms with Crippen LogP contribution in [0.1, 0.15) is 15.9 Å². The fourth-order valence-electron chi connectivity index (χ4n) is 1.39. The maximum atomic E-state index is 10.5. The van der Waals surface area contributed by atoms with E-state index in [2.05, 4.69) is 5.10 Å². The molecule has 0 saturated heterocycles. The summed E-state index contributed by atoms with van der Waals surface area (Å²) in [6, 6.07) is 5.62. The van der Waals surface area contributed by atoms with E-state index in [1.54, 1.807) is 16.9 Å². The SMILES string of the molecule is Cc1cc(Cl)cc(-n2cc(C=O)cn2)c1. The van der Waals surface area contributed by atoms with Crippen molar-refractivity contribution in [3.05, 3.63) is 46.7 Å². The largest absolute Gasteiger partial charge is 0.298 e. The highest BCUT2D eigenvalue weighted by atomic mass is 35.5. The highest BCUT2D eigenvalue weighted by molar-refractivity contribution is 6.30. The number of carbonyl (C=O) groups excluding carboxylic acids is 1. The van der Waals surface area contributed by atoms with Crippen LogP contribution >= 0.6 is 11.6 Å². The third kappa shape index (κ3) is 2.07. The van der Waals surface area contributed by atoms with E-state index < -0.39 is 0 Å². The Balaban J connectivity index is 2.48. The van der Waals surface area contributed by atoms with Crippen LogP contribution in [0.15, 0.2) is 30.6 Å². The first-order chi connectivity index (χ1) is 7.19. The molecule has 0 N–H and O–H groups in total. The molecule has 0 aliphatic rings. The van der Waals surface area contributed by atoms with Gasteiger partial charge in [0.05, 0.1) is 17.4 Å². The topological polar surface area (TPSA) is 34.9 Å². The Morgan fingerprint density at radius 1 is 1.40 bits per heavy atom. The molecule has 1 aromatic heterocycles. The monoisotopic (exact) mass is 220 g/mol. The van der Waals surface area contributed by atoms with Crippen LogP contribution < -0.4 is 0 Å². The molecule has 0 unspecified atom stereocenters. The third-order valence-electron chi connectivity index (χ3n) is 2.03. The van der Waals surface area contributed by atoms with E-state index in [0.717, 1.165) is 17.5 Å². The lowest BCUT2D eigenvalue weighted by Crippen LogP contribution is -1.94. The third-order valence-corrected chi connectivity index (χ3v) is 2.25. The Morgan fingerprint density at radius 3 is 2.80 bits per heavy atom. The van der Waals surface area contributed by atoms with Gasteiger partial charge in [0.2, 0.25) is 0 Å². The number of carbonyl (C=O) groups is 1. The molecule has 0 radical (unpaired) electrons. The van der Waals surface area contributed by atoms with Gasteiger partial charge in [-0.05, 0) is 30.7 Å². The van der Waals surface area contributed by atoms with Gasteiger partial charge in [0.1, 0.15) is 0 Å². The molecule has 76 valence electrons. The first-order valence-corrected chi connectivity index (χ1v) is 4.84. The first kappa shape index (κ1) is 9.93. The van der Waals surface area contributed by atoms with Crippen LogP contribution in [-0.2, 0) is 0 Å². The molecule has 0 bridgehead atoms. The van der Waals surface area contributed by atoms with Crippen LogP contribution in [0.4, 0.5) is 0 Å². The van der Waals surface area contributed by atoms with Gasteiger partial charge in [-0.1, -0.05) is 11.6 Å². The zero-order chi connectivity index (χ0) is 10.8. The van der Waals surface area contributed by atoms with Crippen LogP contribution in [-0.4, -0.2) is 16.1 Å². The van der Waals surface area contributed by atoms with Gasteiger partial charge in [-0.2, -0.15) is 5.10 Å². The number of hydrogen-bond donors (Lipinski definition) is 0. The van der Waals surface area contributed by atoms with E-state index in [4.69, 9.17) is 11.6 Å². The van der Waals surface area contributed by atoms with Crippen molar-refractivity contribution in [2.24, 2.45) is 0 Å². The maximum Gasteiger partial charge on any atom is 0.153 e. The number of rotatable bonds is 2. The van der Waals surface area contributed by atoms with Crippen molar-refractivity contribution in [1.29, 1.82) is 0 Å². The number of aryl methyl sites for hydroxylation is 1. The number of aldehydes is 1. The van der Waals surface area contributed by atoms with Crippen molar-refractivity contribution in [2.75, 3.05) is 0 Å².